The van der Waals surface area contributed by atoms with Crippen molar-refractivity contribution in [3.05, 3.63) is 29.8 Å². The smallest absolute Gasteiger partial charge is 0.329 e. The van der Waals surface area contributed by atoms with Crippen LogP contribution in [-0.4, -0.2) is 16.6 Å². The molecule has 0 radical (unpaired) electrons. The van der Waals surface area contributed by atoms with Gasteiger partial charge in [0.25, 0.3) is 0 Å². The van der Waals surface area contributed by atoms with E-state index in [9.17, 15) is 8.96 Å². The fraction of sp³-hybridized carbons (Fsp3) is 0.250. The first kappa shape index (κ1) is 11.2. The van der Waals surface area contributed by atoms with Crippen molar-refractivity contribution in [3.8, 4) is 5.75 Å². The highest BCUT2D eigenvalue weighted by atomic mass is 31.2. The molecule has 0 aromatic heterocycles. The molecular formula is C8H10FO4P. The Morgan fingerprint density at radius 1 is 1.29 bits per heavy atom. The molecule has 6 heteroatoms. The maximum absolute atomic E-state index is 11.7. The Morgan fingerprint density at radius 3 is 2.29 bits per heavy atom. The monoisotopic (exact) mass is 220 g/mol. The Kier molecular flexibility index (Phi) is 3.63. The molecule has 4 nitrogen and oxygen atoms in total. The van der Waals surface area contributed by atoms with Crippen molar-refractivity contribution in [1.29, 1.82) is 0 Å². The zero-order valence-electron chi connectivity index (χ0n) is 7.26. The number of ether oxygens (including phenoxy) is 1. The van der Waals surface area contributed by atoms with Crippen LogP contribution in [0.2, 0.25) is 0 Å². The van der Waals surface area contributed by atoms with Crippen molar-refractivity contribution in [2.24, 2.45) is 0 Å². The van der Waals surface area contributed by atoms with Gasteiger partial charge >= 0.3 is 7.60 Å². The first-order valence-corrected chi connectivity index (χ1v) is 5.63. The molecule has 2 N–H and O–H groups in total. The van der Waals surface area contributed by atoms with E-state index in [4.69, 9.17) is 9.79 Å². The van der Waals surface area contributed by atoms with Gasteiger partial charge in [-0.1, -0.05) is 12.1 Å². The first-order chi connectivity index (χ1) is 6.51. The van der Waals surface area contributed by atoms with Gasteiger partial charge in [0.2, 0.25) is 6.86 Å². The highest BCUT2D eigenvalue weighted by Gasteiger charge is 2.13. The van der Waals surface area contributed by atoms with Crippen LogP contribution in [0.5, 0.6) is 5.75 Å². The van der Waals surface area contributed by atoms with E-state index in [1.807, 2.05) is 0 Å². The van der Waals surface area contributed by atoms with Crippen LogP contribution in [-0.2, 0) is 10.7 Å². The lowest BCUT2D eigenvalue weighted by Gasteiger charge is -2.05. The van der Waals surface area contributed by atoms with Gasteiger partial charge < -0.3 is 14.5 Å². The molecule has 0 aliphatic rings. The van der Waals surface area contributed by atoms with Crippen LogP contribution in [0, 0.1) is 0 Å². The van der Waals surface area contributed by atoms with Crippen molar-refractivity contribution in [1.82, 2.24) is 0 Å². The molecule has 0 aliphatic heterocycles. The molecule has 0 amide bonds. The van der Waals surface area contributed by atoms with E-state index >= 15 is 0 Å². The van der Waals surface area contributed by atoms with Crippen molar-refractivity contribution >= 4 is 7.60 Å². The molecule has 0 heterocycles. The third kappa shape index (κ3) is 3.87. The number of halogens is 1. The maximum atomic E-state index is 11.7. The van der Waals surface area contributed by atoms with Crippen molar-refractivity contribution < 1.29 is 23.5 Å². The van der Waals surface area contributed by atoms with Crippen molar-refractivity contribution in [3.63, 3.8) is 0 Å². The van der Waals surface area contributed by atoms with Gasteiger partial charge in [-0.3, -0.25) is 4.57 Å². The average Bonchev–Trinajstić information content (AvgIpc) is 2.06. The quantitative estimate of drug-likeness (QED) is 0.757. The Bertz CT molecular complexity index is 332. The lowest BCUT2D eigenvalue weighted by molar-refractivity contribution is 0.191. The minimum atomic E-state index is -4.03. The summed E-state index contributed by atoms with van der Waals surface area (Å²) in [5, 5.41) is 0. The zero-order chi connectivity index (χ0) is 10.6. The molecule has 0 atom stereocenters. The van der Waals surface area contributed by atoms with Crippen LogP contribution in [0.25, 0.3) is 0 Å². The molecule has 0 unspecified atom stereocenters. The summed E-state index contributed by atoms with van der Waals surface area (Å²) in [4.78, 5) is 17.3. The molecule has 1 aromatic rings. The Morgan fingerprint density at radius 2 is 1.86 bits per heavy atom. The average molecular weight is 220 g/mol. The lowest BCUT2D eigenvalue weighted by atomic mass is 10.2. The van der Waals surface area contributed by atoms with Crippen LogP contribution in [0.4, 0.5) is 4.39 Å². The minimum Gasteiger partial charge on any atom is -0.463 e. The predicted octanol–water partition coefficient (Wildman–Crippen LogP) is 1.67. The predicted molar refractivity (Wildman–Crippen MR) is 48.8 cm³/mol. The van der Waals surface area contributed by atoms with Crippen LogP contribution >= 0.6 is 7.60 Å². The standard InChI is InChI=1S/C8H10FO4P/c9-6-13-8-3-1-7(2-4-8)5-14(10,11)12/h1-4H,5-6H2,(H2,10,11,12). The van der Waals surface area contributed by atoms with Crippen molar-refractivity contribution in [2.45, 2.75) is 6.16 Å². The van der Waals surface area contributed by atoms with Crippen molar-refractivity contribution in [2.75, 3.05) is 6.86 Å². The number of hydrogen-bond acceptors (Lipinski definition) is 2. The summed E-state index contributed by atoms with van der Waals surface area (Å²) in [7, 11) is -4.03. The second kappa shape index (κ2) is 4.55. The molecule has 0 spiro atoms. The molecular weight excluding hydrogens is 210 g/mol. The molecule has 14 heavy (non-hydrogen) atoms. The fourth-order valence-corrected chi connectivity index (χ4v) is 1.68. The van der Waals surface area contributed by atoms with E-state index in [1.165, 1.54) is 24.3 Å². The number of alkyl halides is 1. The van der Waals surface area contributed by atoms with E-state index in [2.05, 4.69) is 4.74 Å². The number of benzene rings is 1. The molecule has 1 rings (SSSR count). The maximum Gasteiger partial charge on any atom is 0.329 e. The molecule has 0 aliphatic carbocycles. The lowest BCUT2D eigenvalue weighted by Crippen LogP contribution is -1.91. The van der Waals surface area contributed by atoms with Gasteiger partial charge in [-0.15, -0.1) is 0 Å². The highest BCUT2D eigenvalue weighted by Crippen LogP contribution is 2.39. The number of hydrogen-bond donors (Lipinski definition) is 2. The van der Waals surface area contributed by atoms with Crippen LogP contribution < -0.4 is 4.74 Å². The third-order valence-electron chi connectivity index (χ3n) is 1.53. The Labute approximate surface area is 80.5 Å². The van der Waals surface area contributed by atoms with E-state index in [0.717, 1.165) is 0 Å². The van der Waals surface area contributed by atoms with Gasteiger partial charge in [0.15, 0.2) is 0 Å². The zero-order valence-corrected chi connectivity index (χ0v) is 8.15. The van der Waals surface area contributed by atoms with Gasteiger partial charge in [0.05, 0.1) is 6.16 Å². The van der Waals surface area contributed by atoms with Crippen LogP contribution in [0.3, 0.4) is 0 Å². The molecule has 0 bridgehead atoms. The number of rotatable bonds is 4. The summed E-state index contributed by atoms with van der Waals surface area (Å²) in [5.41, 5.74) is 0.490. The topological polar surface area (TPSA) is 66.8 Å². The van der Waals surface area contributed by atoms with Gasteiger partial charge in [0, 0.05) is 0 Å². The summed E-state index contributed by atoms with van der Waals surface area (Å²) < 4.78 is 26.8. The van der Waals surface area contributed by atoms with E-state index in [1.54, 1.807) is 0 Å². The van der Waals surface area contributed by atoms with E-state index in [0.29, 0.717) is 11.3 Å². The second-order valence-corrected chi connectivity index (χ2v) is 4.37. The summed E-state index contributed by atoms with van der Waals surface area (Å²) >= 11 is 0. The minimum absolute atomic E-state index is 0.317. The molecule has 78 valence electrons. The summed E-state index contributed by atoms with van der Waals surface area (Å²) in [5.74, 6) is 0.335. The van der Waals surface area contributed by atoms with Gasteiger partial charge in [-0.2, -0.15) is 0 Å². The molecule has 0 fully saturated rings. The third-order valence-corrected chi connectivity index (χ3v) is 2.31. The second-order valence-electron chi connectivity index (χ2n) is 2.72. The molecule has 0 saturated heterocycles. The largest absolute Gasteiger partial charge is 0.463 e. The summed E-state index contributed by atoms with van der Waals surface area (Å²) in [6.45, 7) is -0.919. The molecule has 0 saturated carbocycles. The highest BCUT2D eigenvalue weighted by molar-refractivity contribution is 7.50. The first-order valence-electron chi connectivity index (χ1n) is 3.83. The van der Waals surface area contributed by atoms with Gasteiger partial charge in [-0.25, -0.2) is 4.39 Å². The summed E-state index contributed by atoms with van der Waals surface area (Å²) in [6, 6.07) is 5.91. The Balaban J connectivity index is 2.69. The van der Waals surface area contributed by atoms with Crippen LogP contribution in [0.1, 0.15) is 5.56 Å². The van der Waals surface area contributed by atoms with Gasteiger partial charge in [-0.05, 0) is 17.7 Å². The van der Waals surface area contributed by atoms with E-state index < -0.39 is 14.5 Å². The van der Waals surface area contributed by atoms with Gasteiger partial charge in [0.1, 0.15) is 5.75 Å². The normalized spacial score (nSPS) is 11.4. The summed E-state index contributed by atoms with van der Waals surface area (Å²) in [6.07, 6.45) is -0.317. The van der Waals surface area contributed by atoms with E-state index in [-0.39, 0.29) is 6.16 Å². The molecule has 1 aromatic carbocycles. The fourth-order valence-electron chi connectivity index (χ4n) is 0.992. The SMILES string of the molecule is O=P(O)(O)Cc1ccc(OCF)cc1. The Hall–Kier alpha value is -0.900. The van der Waals surface area contributed by atoms with Crippen LogP contribution in [0.15, 0.2) is 24.3 Å².